The van der Waals surface area contributed by atoms with E-state index in [1.54, 1.807) is 7.11 Å². The van der Waals surface area contributed by atoms with Crippen LogP contribution in [0.5, 0.6) is 11.5 Å². The van der Waals surface area contributed by atoms with Gasteiger partial charge in [0.25, 0.3) is 0 Å². The molecule has 0 saturated carbocycles. The SMILES string of the molecule is COc1cc2c(cc1OC)C(CCc1ccc(C(F)(F)F)c(F)c1)N(C(C(N)=O)c1ccccc1)CC2. The standard InChI is InChI=1S/C28H28F4N2O3/c1-36-24-15-19-12-13-34(26(27(33)35)18-6-4-3-5-7-18)23(20(19)16-25(24)37-2)11-9-17-8-10-21(22(29)14-17)28(30,31)32/h3-8,10,14-16,23,26H,9,11-13H2,1-2H3,(H2,33,35). The Bertz CT molecular complexity index is 1260. The van der Waals surface area contributed by atoms with Gasteiger partial charge in [-0.25, -0.2) is 4.39 Å². The highest BCUT2D eigenvalue weighted by atomic mass is 19.4. The van der Waals surface area contributed by atoms with Crippen molar-refractivity contribution in [3.63, 3.8) is 0 Å². The summed E-state index contributed by atoms with van der Waals surface area (Å²) in [6, 6.07) is 14.9. The van der Waals surface area contributed by atoms with E-state index in [0.717, 1.165) is 28.8 Å². The summed E-state index contributed by atoms with van der Waals surface area (Å²) in [6.45, 7) is 0.511. The Balaban J connectivity index is 1.73. The molecule has 196 valence electrons. The van der Waals surface area contributed by atoms with E-state index in [1.165, 1.54) is 13.2 Å². The highest BCUT2D eigenvalue weighted by Crippen LogP contribution is 2.43. The summed E-state index contributed by atoms with van der Waals surface area (Å²) in [6.07, 6.45) is -3.45. The molecule has 37 heavy (non-hydrogen) atoms. The summed E-state index contributed by atoms with van der Waals surface area (Å²) in [5, 5.41) is 0. The number of alkyl halides is 3. The van der Waals surface area contributed by atoms with E-state index in [9.17, 15) is 22.4 Å². The molecular formula is C28H28F4N2O3. The molecular weight excluding hydrogens is 488 g/mol. The van der Waals surface area contributed by atoms with E-state index in [-0.39, 0.29) is 12.5 Å². The van der Waals surface area contributed by atoms with Crippen LogP contribution < -0.4 is 15.2 Å². The van der Waals surface area contributed by atoms with Gasteiger partial charge in [0.2, 0.25) is 5.91 Å². The molecule has 2 atom stereocenters. The number of methoxy groups -OCH3 is 2. The van der Waals surface area contributed by atoms with Crippen LogP contribution in [-0.2, 0) is 23.8 Å². The maximum atomic E-state index is 14.2. The van der Waals surface area contributed by atoms with Crippen molar-refractivity contribution in [2.75, 3.05) is 20.8 Å². The summed E-state index contributed by atoms with van der Waals surface area (Å²) >= 11 is 0. The van der Waals surface area contributed by atoms with Crippen LogP contribution in [0.4, 0.5) is 17.6 Å². The summed E-state index contributed by atoms with van der Waals surface area (Å²) in [5.74, 6) is -0.728. The largest absolute Gasteiger partial charge is 0.493 e. The second-order valence-electron chi connectivity index (χ2n) is 8.98. The third kappa shape index (κ3) is 5.56. The van der Waals surface area contributed by atoms with Crippen molar-refractivity contribution < 1.29 is 31.8 Å². The van der Waals surface area contributed by atoms with Crippen molar-refractivity contribution >= 4 is 5.91 Å². The highest BCUT2D eigenvalue weighted by Gasteiger charge is 2.37. The van der Waals surface area contributed by atoms with Gasteiger partial charge in [-0.1, -0.05) is 36.4 Å². The smallest absolute Gasteiger partial charge is 0.419 e. The Morgan fingerprint density at radius 3 is 2.32 bits per heavy atom. The molecule has 1 aliphatic heterocycles. The van der Waals surface area contributed by atoms with Gasteiger partial charge in [-0.05, 0) is 65.8 Å². The lowest BCUT2D eigenvalue weighted by Crippen LogP contribution is -2.44. The molecule has 0 aromatic heterocycles. The number of nitrogens with zero attached hydrogens (tertiary/aromatic N) is 1. The van der Waals surface area contributed by atoms with Crippen molar-refractivity contribution in [3.8, 4) is 11.5 Å². The topological polar surface area (TPSA) is 64.8 Å². The maximum Gasteiger partial charge on any atom is 0.419 e. The summed E-state index contributed by atoms with van der Waals surface area (Å²) < 4.78 is 64.3. The average molecular weight is 517 g/mol. The van der Waals surface area contributed by atoms with Crippen LogP contribution in [0.2, 0.25) is 0 Å². The first-order valence-electron chi connectivity index (χ1n) is 11.8. The van der Waals surface area contributed by atoms with Crippen molar-refractivity contribution in [2.24, 2.45) is 5.73 Å². The quantitative estimate of drug-likeness (QED) is 0.395. The summed E-state index contributed by atoms with van der Waals surface area (Å²) in [7, 11) is 3.08. The fourth-order valence-corrected chi connectivity index (χ4v) is 5.08. The minimum atomic E-state index is -4.76. The molecule has 0 saturated heterocycles. The number of fused-ring (bicyclic) bond motifs is 1. The molecule has 4 rings (SSSR count). The number of hydrogen-bond donors (Lipinski definition) is 1. The molecule has 2 N–H and O–H groups in total. The van der Waals surface area contributed by atoms with E-state index in [1.807, 2.05) is 47.4 Å². The molecule has 3 aromatic carbocycles. The van der Waals surface area contributed by atoms with E-state index in [2.05, 4.69) is 0 Å². The van der Waals surface area contributed by atoms with Gasteiger partial charge in [0.05, 0.1) is 19.8 Å². The molecule has 1 aliphatic rings. The lowest BCUT2D eigenvalue weighted by atomic mass is 9.86. The van der Waals surface area contributed by atoms with Crippen LogP contribution in [0, 0.1) is 5.82 Å². The molecule has 0 fully saturated rings. The lowest BCUT2D eigenvalue weighted by Gasteiger charge is -2.41. The van der Waals surface area contributed by atoms with Crippen molar-refractivity contribution in [1.82, 2.24) is 4.90 Å². The number of amides is 1. The Kier molecular flexibility index (Phi) is 7.73. The first-order valence-corrected chi connectivity index (χ1v) is 11.8. The second kappa shape index (κ2) is 10.8. The molecule has 1 amide bonds. The first-order chi connectivity index (χ1) is 17.6. The Hall–Kier alpha value is -3.59. The Labute approximate surface area is 212 Å². The molecule has 2 unspecified atom stereocenters. The fraction of sp³-hybridized carbons (Fsp3) is 0.321. The number of ether oxygens (including phenoxy) is 2. The number of aryl methyl sites for hydroxylation is 1. The van der Waals surface area contributed by atoms with Crippen molar-refractivity contribution in [3.05, 3.63) is 94.3 Å². The van der Waals surface area contributed by atoms with E-state index < -0.39 is 29.5 Å². The lowest BCUT2D eigenvalue weighted by molar-refractivity contribution is -0.140. The van der Waals surface area contributed by atoms with Gasteiger partial charge in [-0.2, -0.15) is 13.2 Å². The monoisotopic (exact) mass is 516 g/mol. The van der Waals surface area contributed by atoms with Crippen LogP contribution in [0.25, 0.3) is 0 Å². The molecule has 0 radical (unpaired) electrons. The van der Waals surface area contributed by atoms with Gasteiger partial charge in [0, 0.05) is 12.6 Å². The molecule has 0 bridgehead atoms. The number of nitrogens with two attached hydrogens (primary N) is 1. The van der Waals surface area contributed by atoms with Crippen LogP contribution >= 0.6 is 0 Å². The van der Waals surface area contributed by atoms with Crippen molar-refractivity contribution in [2.45, 2.75) is 37.5 Å². The summed E-state index contributed by atoms with van der Waals surface area (Å²) in [4.78, 5) is 14.7. The normalized spacial score (nSPS) is 16.6. The van der Waals surface area contributed by atoms with Crippen LogP contribution in [0.15, 0.2) is 60.7 Å². The molecule has 3 aromatic rings. The highest BCUT2D eigenvalue weighted by molar-refractivity contribution is 5.81. The van der Waals surface area contributed by atoms with Crippen LogP contribution in [0.1, 0.15) is 46.3 Å². The van der Waals surface area contributed by atoms with Gasteiger partial charge in [0.1, 0.15) is 11.9 Å². The number of carbonyl (C=O) groups is 1. The first kappa shape index (κ1) is 26.5. The van der Waals surface area contributed by atoms with Gasteiger partial charge in [-0.15, -0.1) is 0 Å². The Morgan fingerprint density at radius 1 is 1.05 bits per heavy atom. The molecule has 0 spiro atoms. The minimum absolute atomic E-state index is 0.282. The third-order valence-corrected chi connectivity index (χ3v) is 6.81. The third-order valence-electron chi connectivity index (χ3n) is 6.81. The van der Waals surface area contributed by atoms with Crippen LogP contribution in [-0.4, -0.2) is 31.6 Å². The predicted molar refractivity (Wildman–Crippen MR) is 131 cm³/mol. The summed E-state index contributed by atoms with van der Waals surface area (Å²) in [5.41, 5.74) is 7.67. The fourth-order valence-electron chi connectivity index (χ4n) is 5.08. The van der Waals surface area contributed by atoms with E-state index >= 15 is 0 Å². The van der Waals surface area contributed by atoms with Crippen molar-refractivity contribution in [1.29, 1.82) is 0 Å². The maximum absolute atomic E-state index is 14.2. The predicted octanol–water partition coefficient (Wildman–Crippen LogP) is 5.62. The number of halogens is 4. The van der Waals surface area contributed by atoms with Gasteiger partial charge in [0.15, 0.2) is 11.5 Å². The van der Waals surface area contributed by atoms with Gasteiger partial charge >= 0.3 is 6.18 Å². The van der Waals surface area contributed by atoms with E-state index in [4.69, 9.17) is 15.2 Å². The Morgan fingerprint density at radius 2 is 1.73 bits per heavy atom. The van der Waals surface area contributed by atoms with Gasteiger partial charge < -0.3 is 15.2 Å². The number of rotatable bonds is 8. The van der Waals surface area contributed by atoms with Crippen LogP contribution in [0.3, 0.4) is 0 Å². The molecule has 0 aliphatic carbocycles. The molecule has 9 heteroatoms. The number of hydrogen-bond acceptors (Lipinski definition) is 4. The number of benzene rings is 3. The zero-order chi connectivity index (χ0) is 26.7. The second-order valence-corrected chi connectivity index (χ2v) is 8.98. The number of carbonyl (C=O) groups excluding carboxylic acids is 1. The number of primary amides is 1. The molecule has 5 nitrogen and oxygen atoms in total. The zero-order valence-corrected chi connectivity index (χ0v) is 20.5. The van der Waals surface area contributed by atoms with E-state index in [0.29, 0.717) is 36.4 Å². The van der Waals surface area contributed by atoms with Gasteiger partial charge in [-0.3, -0.25) is 9.69 Å². The average Bonchev–Trinajstić information content (AvgIpc) is 2.86. The zero-order valence-electron chi connectivity index (χ0n) is 20.5. The molecule has 1 heterocycles. The minimum Gasteiger partial charge on any atom is -0.493 e.